The van der Waals surface area contributed by atoms with Gasteiger partial charge in [0.15, 0.2) is 0 Å². The number of hydrogen-bond acceptors (Lipinski definition) is 2. The summed E-state index contributed by atoms with van der Waals surface area (Å²) in [6, 6.07) is 8.02. The molecule has 1 aromatic carbocycles. The van der Waals surface area contributed by atoms with Gasteiger partial charge in [0.1, 0.15) is 25.4 Å². The minimum absolute atomic E-state index is 0. The van der Waals surface area contributed by atoms with Crippen molar-refractivity contribution in [3.05, 3.63) is 27.8 Å². The van der Waals surface area contributed by atoms with Gasteiger partial charge in [-0.2, -0.15) is 0 Å². The molecule has 0 saturated heterocycles. The van der Waals surface area contributed by atoms with Gasteiger partial charge in [-0.05, 0) is 40.8 Å². The Balaban J connectivity index is 0.00000256. The first-order valence-electron chi connectivity index (χ1n) is 5.35. The minimum atomic E-state index is 0. The van der Waals surface area contributed by atoms with E-state index in [0.717, 1.165) is 23.3 Å². The lowest BCUT2D eigenvalue weighted by Gasteiger charge is -2.28. The molecule has 1 aromatic rings. The summed E-state index contributed by atoms with van der Waals surface area (Å²) in [6.45, 7) is 2.55. The van der Waals surface area contributed by atoms with Crippen LogP contribution in [0.3, 0.4) is 0 Å². The maximum Gasteiger partial charge on any atom is 0.137 e. The van der Waals surface area contributed by atoms with Gasteiger partial charge in [-0.25, -0.2) is 0 Å². The van der Waals surface area contributed by atoms with Crippen molar-refractivity contribution in [2.24, 2.45) is 0 Å². The average Bonchev–Trinajstić information content (AvgIpc) is 2.17. The Morgan fingerprint density at radius 2 is 2.00 bits per heavy atom. The van der Waals surface area contributed by atoms with Crippen LogP contribution in [0.1, 0.15) is 0 Å². The standard InChI is InChI=1S/C12H19INO2.BrH/c1-14(2,6-8-15)7-9-16-12-5-3-4-11(13)10-12;/h3-5,10,15H,6-9H2,1-2H3;1H/q+1;/p-1. The van der Waals surface area contributed by atoms with E-state index in [9.17, 15) is 0 Å². The molecule has 0 atom stereocenters. The van der Waals surface area contributed by atoms with Gasteiger partial charge < -0.3 is 31.3 Å². The maximum absolute atomic E-state index is 8.90. The van der Waals surface area contributed by atoms with Gasteiger partial charge >= 0.3 is 0 Å². The third-order valence-electron chi connectivity index (χ3n) is 2.47. The lowest BCUT2D eigenvalue weighted by Crippen LogP contribution is -3.00. The van der Waals surface area contributed by atoms with E-state index < -0.39 is 0 Å². The van der Waals surface area contributed by atoms with Gasteiger partial charge in [-0.3, -0.25) is 0 Å². The fourth-order valence-corrected chi connectivity index (χ4v) is 1.86. The summed E-state index contributed by atoms with van der Waals surface area (Å²) in [4.78, 5) is 0. The van der Waals surface area contributed by atoms with Crippen LogP contribution in [0.5, 0.6) is 5.75 Å². The second-order valence-corrected chi connectivity index (χ2v) is 5.66. The molecule has 0 radical (unpaired) electrons. The SMILES string of the molecule is C[N+](C)(CCO)CCOc1cccc(I)c1.[Br-]. The van der Waals surface area contributed by atoms with E-state index in [4.69, 9.17) is 9.84 Å². The van der Waals surface area contributed by atoms with Crippen molar-refractivity contribution in [2.75, 3.05) is 40.4 Å². The Hall–Kier alpha value is 0.150. The Morgan fingerprint density at radius 3 is 2.59 bits per heavy atom. The summed E-state index contributed by atoms with van der Waals surface area (Å²) in [5.41, 5.74) is 0. The second kappa shape index (κ2) is 8.29. The molecule has 17 heavy (non-hydrogen) atoms. The summed E-state index contributed by atoms with van der Waals surface area (Å²) in [5.74, 6) is 0.913. The van der Waals surface area contributed by atoms with Gasteiger partial charge in [0.05, 0.1) is 20.7 Å². The van der Waals surface area contributed by atoms with Crippen molar-refractivity contribution in [2.45, 2.75) is 0 Å². The molecule has 0 aromatic heterocycles. The zero-order valence-corrected chi connectivity index (χ0v) is 13.9. The van der Waals surface area contributed by atoms with E-state index in [1.165, 1.54) is 3.57 Å². The summed E-state index contributed by atoms with van der Waals surface area (Å²) >= 11 is 2.27. The number of benzene rings is 1. The molecule has 5 heteroatoms. The normalized spacial score (nSPS) is 10.8. The maximum atomic E-state index is 8.90. The largest absolute Gasteiger partial charge is 1.00 e. The number of hydrogen-bond donors (Lipinski definition) is 1. The van der Waals surface area contributed by atoms with Gasteiger partial charge in [0, 0.05) is 3.57 Å². The molecule has 1 rings (SSSR count). The molecule has 0 bridgehead atoms. The number of rotatable bonds is 6. The van der Waals surface area contributed by atoms with Crippen LogP contribution in [0.25, 0.3) is 0 Å². The first-order chi connectivity index (χ1) is 7.53. The first kappa shape index (κ1) is 17.2. The van der Waals surface area contributed by atoms with E-state index in [1.807, 2.05) is 24.3 Å². The number of ether oxygens (including phenoxy) is 1. The van der Waals surface area contributed by atoms with Crippen molar-refractivity contribution >= 4 is 22.6 Å². The molecule has 0 saturated carbocycles. The fraction of sp³-hybridized carbons (Fsp3) is 0.500. The third-order valence-corrected chi connectivity index (χ3v) is 3.14. The highest BCUT2D eigenvalue weighted by Crippen LogP contribution is 2.14. The van der Waals surface area contributed by atoms with Crippen LogP contribution in [0.2, 0.25) is 0 Å². The molecule has 3 nitrogen and oxygen atoms in total. The number of aliphatic hydroxyl groups excluding tert-OH is 1. The van der Waals surface area contributed by atoms with E-state index in [-0.39, 0.29) is 23.6 Å². The Kier molecular flexibility index (Phi) is 8.36. The quantitative estimate of drug-likeness (QED) is 0.464. The van der Waals surface area contributed by atoms with Crippen LogP contribution >= 0.6 is 22.6 Å². The molecular formula is C12H19BrINO2. The molecule has 0 aliphatic rings. The average molecular weight is 416 g/mol. The summed E-state index contributed by atoms with van der Waals surface area (Å²) in [7, 11) is 4.18. The third kappa shape index (κ3) is 7.23. The monoisotopic (exact) mass is 415 g/mol. The first-order valence-corrected chi connectivity index (χ1v) is 6.43. The van der Waals surface area contributed by atoms with Crippen molar-refractivity contribution in [3.63, 3.8) is 0 Å². The summed E-state index contributed by atoms with van der Waals surface area (Å²) < 4.78 is 7.62. The molecule has 0 amide bonds. The number of halogens is 2. The Morgan fingerprint density at radius 1 is 1.29 bits per heavy atom. The van der Waals surface area contributed by atoms with Crippen molar-refractivity contribution in [1.29, 1.82) is 0 Å². The van der Waals surface area contributed by atoms with Crippen molar-refractivity contribution in [3.8, 4) is 5.75 Å². The molecule has 0 fully saturated rings. The van der Waals surface area contributed by atoms with Crippen molar-refractivity contribution in [1.82, 2.24) is 0 Å². The molecule has 0 heterocycles. The molecule has 1 N–H and O–H groups in total. The van der Waals surface area contributed by atoms with Crippen molar-refractivity contribution < 1.29 is 31.3 Å². The van der Waals surface area contributed by atoms with Gasteiger partial charge in [0.25, 0.3) is 0 Å². The van der Waals surface area contributed by atoms with Crippen LogP contribution in [-0.2, 0) is 0 Å². The highest BCUT2D eigenvalue weighted by molar-refractivity contribution is 14.1. The molecule has 0 unspecified atom stereocenters. The highest BCUT2D eigenvalue weighted by Gasteiger charge is 2.13. The topological polar surface area (TPSA) is 29.5 Å². The number of likely N-dealkylation sites (N-methyl/N-ethyl adjacent to an activating group) is 1. The van der Waals surface area contributed by atoms with Gasteiger partial charge in [-0.15, -0.1) is 0 Å². The predicted octanol–water partition coefficient (Wildman–Crippen LogP) is -1.26. The molecule has 0 aliphatic carbocycles. The fourth-order valence-electron chi connectivity index (χ4n) is 1.35. The van der Waals surface area contributed by atoms with Crippen LogP contribution in [-0.4, -0.2) is 50.0 Å². The minimum Gasteiger partial charge on any atom is -1.00 e. The van der Waals surface area contributed by atoms with E-state index in [1.54, 1.807) is 0 Å². The molecular weight excluding hydrogens is 397 g/mol. The number of quaternary nitrogens is 1. The van der Waals surface area contributed by atoms with Crippen LogP contribution in [0.15, 0.2) is 24.3 Å². The predicted molar refractivity (Wildman–Crippen MR) is 73.6 cm³/mol. The Labute approximate surface area is 127 Å². The smallest absolute Gasteiger partial charge is 0.137 e. The van der Waals surface area contributed by atoms with E-state index in [0.29, 0.717) is 6.61 Å². The summed E-state index contributed by atoms with van der Waals surface area (Å²) in [6.07, 6.45) is 0. The lowest BCUT2D eigenvalue weighted by atomic mass is 10.3. The highest BCUT2D eigenvalue weighted by atomic mass is 127. The van der Waals surface area contributed by atoms with Gasteiger partial charge in [-0.1, -0.05) is 6.07 Å². The molecule has 0 aliphatic heterocycles. The van der Waals surface area contributed by atoms with Crippen LogP contribution in [0.4, 0.5) is 0 Å². The van der Waals surface area contributed by atoms with Crippen LogP contribution in [0, 0.1) is 3.57 Å². The number of aliphatic hydroxyl groups is 1. The van der Waals surface area contributed by atoms with E-state index >= 15 is 0 Å². The van der Waals surface area contributed by atoms with Gasteiger partial charge in [0.2, 0.25) is 0 Å². The Bertz CT molecular complexity index is 334. The zero-order chi connectivity index (χ0) is 12.0. The summed E-state index contributed by atoms with van der Waals surface area (Å²) in [5, 5.41) is 8.90. The lowest BCUT2D eigenvalue weighted by molar-refractivity contribution is -0.890. The second-order valence-electron chi connectivity index (χ2n) is 4.41. The van der Waals surface area contributed by atoms with Crippen LogP contribution < -0.4 is 21.7 Å². The van der Waals surface area contributed by atoms with E-state index in [2.05, 4.69) is 36.7 Å². The molecule has 98 valence electrons. The number of nitrogens with zero attached hydrogens (tertiary/aromatic N) is 1. The molecule has 0 spiro atoms. The zero-order valence-electron chi connectivity index (χ0n) is 10.2.